The third-order valence-corrected chi connectivity index (χ3v) is 4.10. The zero-order valence-corrected chi connectivity index (χ0v) is 14.1. The summed E-state index contributed by atoms with van der Waals surface area (Å²) in [6.07, 6.45) is 0.520. The Labute approximate surface area is 141 Å². The van der Waals surface area contributed by atoms with E-state index >= 15 is 0 Å². The molecule has 0 radical (unpaired) electrons. The Morgan fingerprint density at radius 1 is 1.42 bits per heavy atom. The number of aromatic amines is 1. The lowest BCUT2D eigenvalue weighted by atomic mass is 10.2. The van der Waals surface area contributed by atoms with E-state index < -0.39 is 0 Å². The van der Waals surface area contributed by atoms with Gasteiger partial charge in [0.05, 0.1) is 13.2 Å². The number of carbonyl (C=O) groups is 1. The Bertz CT molecular complexity index is 673. The van der Waals surface area contributed by atoms with E-state index in [1.807, 2.05) is 44.3 Å². The Morgan fingerprint density at radius 3 is 2.92 bits per heavy atom. The van der Waals surface area contributed by atoms with Gasteiger partial charge in [0.15, 0.2) is 5.82 Å². The summed E-state index contributed by atoms with van der Waals surface area (Å²) in [6.45, 7) is 4.15. The van der Waals surface area contributed by atoms with Crippen LogP contribution in [0.2, 0.25) is 0 Å². The van der Waals surface area contributed by atoms with Gasteiger partial charge in [-0.05, 0) is 5.56 Å². The first-order valence-electron chi connectivity index (χ1n) is 8.24. The van der Waals surface area contributed by atoms with Crippen molar-refractivity contribution in [3.05, 3.63) is 47.5 Å². The number of nitrogens with zero attached hydrogens (tertiary/aromatic N) is 4. The quantitative estimate of drug-likeness (QED) is 0.931. The summed E-state index contributed by atoms with van der Waals surface area (Å²) < 4.78 is 5.74. The minimum atomic E-state index is -0.274. The third kappa shape index (κ3) is 3.73. The average molecular weight is 329 g/mol. The number of ether oxygens (including phenoxy) is 1. The second kappa shape index (κ2) is 7.44. The third-order valence-electron chi connectivity index (χ3n) is 4.10. The zero-order chi connectivity index (χ0) is 16.9. The summed E-state index contributed by atoms with van der Waals surface area (Å²) in [6, 6.07) is 9.97. The number of hydrogen-bond acceptors (Lipinski definition) is 4. The van der Waals surface area contributed by atoms with Gasteiger partial charge in [-0.2, -0.15) is 5.10 Å². The van der Waals surface area contributed by atoms with Crippen molar-refractivity contribution in [2.45, 2.75) is 26.0 Å². The molecule has 1 aromatic heterocycles. The first kappa shape index (κ1) is 16.4. The molecular formula is C17H23N5O2. The number of rotatable bonds is 4. The molecule has 3 rings (SSSR count). The van der Waals surface area contributed by atoms with Crippen LogP contribution in [0.4, 0.5) is 4.79 Å². The molecule has 0 saturated carbocycles. The van der Waals surface area contributed by atoms with E-state index in [1.54, 1.807) is 9.80 Å². The Kier molecular flexibility index (Phi) is 5.10. The molecule has 128 valence electrons. The fourth-order valence-corrected chi connectivity index (χ4v) is 2.76. The molecular weight excluding hydrogens is 306 g/mol. The molecule has 1 atom stereocenters. The van der Waals surface area contributed by atoms with Crippen LogP contribution >= 0.6 is 0 Å². The molecule has 7 heteroatoms. The molecule has 1 aliphatic heterocycles. The Hall–Kier alpha value is -2.41. The molecule has 1 N–H and O–H groups in total. The zero-order valence-electron chi connectivity index (χ0n) is 14.1. The van der Waals surface area contributed by atoms with Gasteiger partial charge in [0.25, 0.3) is 0 Å². The highest BCUT2D eigenvalue weighted by Crippen LogP contribution is 2.20. The van der Waals surface area contributed by atoms with E-state index in [1.165, 1.54) is 0 Å². The monoisotopic (exact) mass is 329 g/mol. The predicted octanol–water partition coefficient (Wildman–Crippen LogP) is 1.99. The molecule has 7 nitrogen and oxygen atoms in total. The van der Waals surface area contributed by atoms with Crippen molar-refractivity contribution >= 4 is 6.03 Å². The second-order valence-corrected chi connectivity index (χ2v) is 5.92. The number of H-pyrrole nitrogens is 1. The van der Waals surface area contributed by atoms with Crippen LogP contribution in [0.1, 0.15) is 30.2 Å². The van der Waals surface area contributed by atoms with Crippen LogP contribution < -0.4 is 0 Å². The van der Waals surface area contributed by atoms with Crippen molar-refractivity contribution < 1.29 is 9.53 Å². The van der Waals surface area contributed by atoms with E-state index in [0.717, 1.165) is 17.8 Å². The van der Waals surface area contributed by atoms with Gasteiger partial charge >= 0.3 is 6.03 Å². The number of nitrogens with one attached hydrogen (secondary N) is 1. The summed E-state index contributed by atoms with van der Waals surface area (Å²) in [5, 5.41) is 7.10. The van der Waals surface area contributed by atoms with Crippen LogP contribution in [0.15, 0.2) is 30.3 Å². The highest BCUT2D eigenvalue weighted by molar-refractivity contribution is 5.74. The molecule has 1 aliphatic rings. The summed E-state index contributed by atoms with van der Waals surface area (Å²) in [7, 11) is 1.82. The maximum Gasteiger partial charge on any atom is 0.320 e. The van der Waals surface area contributed by atoms with E-state index in [2.05, 4.69) is 15.2 Å². The van der Waals surface area contributed by atoms with Crippen LogP contribution in [0.5, 0.6) is 0 Å². The minimum absolute atomic E-state index is 0.00148. The molecule has 0 spiro atoms. The van der Waals surface area contributed by atoms with Gasteiger partial charge in [-0.25, -0.2) is 9.78 Å². The van der Waals surface area contributed by atoms with Crippen molar-refractivity contribution in [1.82, 2.24) is 25.0 Å². The maximum atomic E-state index is 12.7. The van der Waals surface area contributed by atoms with Crippen LogP contribution in [0, 0.1) is 0 Å². The van der Waals surface area contributed by atoms with Gasteiger partial charge < -0.3 is 14.5 Å². The average Bonchev–Trinajstić information content (AvgIpc) is 3.11. The lowest BCUT2D eigenvalue weighted by Crippen LogP contribution is -2.47. The number of aromatic nitrogens is 3. The van der Waals surface area contributed by atoms with Crippen molar-refractivity contribution in [3.8, 4) is 0 Å². The lowest BCUT2D eigenvalue weighted by Gasteiger charge is -2.34. The van der Waals surface area contributed by atoms with Gasteiger partial charge in [0, 0.05) is 26.6 Å². The Morgan fingerprint density at radius 2 is 2.21 bits per heavy atom. The summed E-state index contributed by atoms with van der Waals surface area (Å²) in [4.78, 5) is 20.6. The van der Waals surface area contributed by atoms with Crippen LogP contribution in [0.3, 0.4) is 0 Å². The molecule has 1 fully saturated rings. The normalized spacial score (nSPS) is 17.8. The SMILES string of the molecule is CCc1nc([C@H]2CN(C(=O)N(C)Cc3ccccc3)CCO2)n[nH]1. The number of carbonyl (C=O) groups excluding carboxylic acids is 1. The van der Waals surface area contributed by atoms with Gasteiger partial charge in [-0.3, -0.25) is 5.10 Å². The first-order chi connectivity index (χ1) is 11.7. The van der Waals surface area contributed by atoms with E-state index in [0.29, 0.717) is 32.1 Å². The van der Waals surface area contributed by atoms with Crippen molar-refractivity contribution in [1.29, 1.82) is 0 Å². The van der Waals surface area contributed by atoms with Crippen molar-refractivity contribution in [2.75, 3.05) is 26.7 Å². The predicted molar refractivity (Wildman–Crippen MR) is 89.3 cm³/mol. The minimum Gasteiger partial charge on any atom is -0.366 e. The van der Waals surface area contributed by atoms with Crippen molar-refractivity contribution in [3.63, 3.8) is 0 Å². The number of aryl methyl sites for hydroxylation is 1. The van der Waals surface area contributed by atoms with Crippen LogP contribution in [-0.4, -0.2) is 57.8 Å². The topological polar surface area (TPSA) is 74.3 Å². The highest BCUT2D eigenvalue weighted by Gasteiger charge is 2.29. The molecule has 2 aromatic rings. The number of amides is 2. The molecule has 0 bridgehead atoms. The van der Waals surface area contributed by atoms with Gasteiger partial charge in [0.2, 0.25) is 0 Å². The number of morpholine rings is 1. The fourth-order valence-electron chi connectivity index (χ4n) is 2.76. The molecule has 2 amide bonds. The number of hydrogen-bond donors (Lipinski definition) is 1. The second-order valence-electron chi connectivity index (χ2n) is 5.92. The smallest absolute Gasteiger partial charge is 0.320 e. The summed E-state index contributed by atoms with van der Waals surface area (Å²) in [5.74, 6) is 1.45. The number of urea groups is 1. The lowest BCUT2D eigenvalue weighted by molar-refractivity contribution is -0.0241. The van der Waals surface area contributed by atoms with Gasteiger partial charge in [-0.15, -0.1) is 0 Å². The molecule has 0 aliphatic carbocycles. The largest absolute Gasteiger partial charge is 0.366 e. The van der Waals surface area contributed by atoms with Crippen LogP contribution in [-0.2, 0) is 17.7 Å². The summed E-state index contributed by atoms with van der Waals surface area (Å²) in [5.41, 5.74) is 1.11. The first-order valence-corrected chi connectivity index (χ1v) is 8.24. The van der Waals surface area contributed by atoms with E-state index in [-0.39, 0.29) is 12.1 Å². The van der Waals surface area contributed by atoms with Crippen LogP contribution in [0.25, 0.3) is 0 Å². The fraction of sp³-hybridized carbons (Fsp3) is 0.471. The molecule has 2 heterocycles. The standard InChI is InChI=1S/C17H23N5O2/c1-3-15-18-16(20-19-15)14-12-22(9-10-24-14)17(23)21(2)11-13-7-5-4-6-8-13/h4-8,14H,3,9-12H2,1-2H3,(H,18,19,20)/t14-/m1/s1. The summed E-state index contributed by atoms with van der Waals surface area (Å²) >= 11 is 0. The van der Waals surface area contributed by atoms with Gasteiger partial charge in [0.1, 0.15) is 11.9 Å². The molecule has 1 saturated heterocycles. The van der Waals surface area contributed by atoms with E-state index in [9.17, 15) is 4.79 Å². The van der Waals surface area contributed by atoms with E-state index in [4.69, 9.17) is 4.74 Å². The Balaban J connectivity index is 1.62. The van der Waals surface area contributed by atoms with Crippen molar-refractivity contribution in [2.24, 2.45) is 0 Å². The molecule has 0 unspecified atom stereocenters. The van der Waals surface area contributed by atoms with Gasteiger partial charge in [-0.1, -0.05) is 37.3 Å². The molecule has 1 aromatic carbocycles. The number of benzene rings is 1. The highest BCUT2D eigenvalue weighted by atomic mass is 16.5. The maximum absolute atomic E-state index is 12.7. The molecule has 24 heavy (non-hydrogen) atoms.